The van der Waals surface area contributed by atoms with E-state index in [0.29, 0.717) is 17.5 Å². The zero-order valence-corrected chi connectivity index (χ0v) is 7.60. The van der Waals surface area contributed by atoms with E-state index >= 15 is 0 Å². The summed E-state index contributed by atoms with van der Waals surface area (Å²) in [7, 11) is 0. The summed E-state index contributed by atoms with van der Waals surface area (Å²) >= 11 is 4.46. The maximum Gasteiger partial charge on any atom is 0.0693 e. The van der Waals surface area contributed by atoms with E-state index in [4.69, 9.17) is 4.74 Å². The third-order valence-electron chi connectivity index (χ3n) is 2.16. The molecule has 3 atom stereocenters. The van der Waals surface area contributed by atoms with Crippen molar-refractivity contribution in [3.63, 3.8) is 0 Å². The van der Waals surface area contributed by atoms with Gasteiger partial charge in [0.15, 0.2) is 0 Å². The van der Waals surface area contributed by atoms with Gasteiger partial charge in [-0.1, -0.05) is 13.8 Å². The fourth-order valence-electron chi connectivity index (χ4n) is 1.45. The molecule has 10 heavy (non-hydrogen) atoms. The molecule has 3 unspecified atom stereocenters. The first-order valence-electron chi connectivity index (χ1n) is 4.11. The lowest BCUT2D eigenvalue weighted by atomic mass is 10.1. The van der Waals surface area contributed by atoms with Gasteiger partial charge in [-0.2, -0.15) is 12.6 Å². The Hall–Kier alpha value is 0.310. The molecule has 0 aliphatic carbocycles. The second kappa shape index (κ2) is 3.63. The van der Waals surface area contributed by atoms with E-state index in [2.05, 4.69) is 26.5 Å². The average molecular weight is 160 g/mol. The van der Waals surface area contributed by atoms with E-state index in [9.17, 15) is 0 Å². The summed E-state index contributed by atoms with van der Waals surface area (Å²) in [5.74, 6) is 0. The molecular weight excluding hydrogens is 144 g/mol. The molecule has 0 N–H and O–H groups in total. The van der Waals surface area contributed by atoms with E-state index < -0.39 is 0 Å². The van der Waals surface area contributed by atoms with Crippen molar-refractivity contribution >= 4 is 12.6 Å². The number of thiol groups is 1. The van der Waals surface area contributed by atoms with Crippen molar-refractivity contribution < 1.29 is 4.74 Å². The van der Waals surface area contributed by atoms with Crippen LogP contribution < -0.4 is 0 Å². The standard InChI is InChI=1S/C8H16OS/c1-3-6-5-8(10)7(4-2)9-6/h6-8,10H,3-5H2,1-2H3. The van der Waals surface area contributed by atoms with Gasteiger partial charge in [0.1, 0.15) is 0 Å². The Morgan fingerprint density at radius 3 is 2.40 bits per heavy atom. The fraction of sp³-hybridized carbons (Fsp3) is 1.00. The summed E-state index contributed by atoms with van der Waals surface area (Å²) in [5, 5.41) is 0.481. The van der Waals surface area contributed by atoms with Crippen LogP contribution in [0.4, 0.5) is 0 Å². The van der Waals surface area contributed by atoms with Crippen molar-refractivity contribution in [2.75, 3.05) is 0 Å². The Balaban J connectivity index is 2.36. The number of hydrogen-bond acceptors (Lipinski definition) is 2. The van der Waals surface area contributed by atoms with E-state index in [1.54, 1.807) is 0 Å². The van der Waals surface area contributed by atoms with E-state index in [1.165, 1.54) is 0 Å². The van der Waals surface area contributed by atoms with Crippen LogP contribution in [0.1, 0.15) is 33.1 Å². The minimum absolute atomic E-state index is 0.410. The second-order valence-corrected chi connectivity index (χ2v) is 3.58. The molecule has 2 heteroatoms. The SMILES string of the molecule is CCC1CC(S)C(CC)O1. The monoisotopic (exact) mass is 160 g/mol. The quantitative estimate of drug-likeness (QED) is 0.610. The summed E-state index contributed by atoms with van der Waals surface area (Å²) in [6, 6.07) is 0. The third-order valence-corrected chi connectivity index (χ3v) is 2.70. The molecule has 0 aromatic rings. The first-order valence-corrected chi connectivity index (χ1v) is 4.63. The van der Waals surface area contributed by atoms with Gasteiger partial charge in [0, 0.05) is 5.25 Å². The van der Waals surface area contributed by atoms with Crippen LogP contribution in [-0.2, 0) is 4.74 Å². The van der Waals surface area contributed by atoms with Crippen LogP contribution in [0.15, 0.2) is 0 Å². The van der Waals surface area contributed by atoms with Gasteiger partial charge >= 0.3 is 0 Å². The summed E-state index contributed by atoms with van der Waals surface area (Å²) in [6.07, 6.45) is 4.26. The normalized spacial score (nSPS) is 40.5. The molecule has 1 saturated heterocycles. The Labute approximate surface area is 68.6 Å². The largest absolute Gasteiger partial charge is 0.374 e. The molecule has 0 amide bonds. The summed E-state index contributed by atoms with van der Waals surface area (Å²) in [6.45, 7) is 4.33. The van der Waals surface area contributed by atoms with Gasteiger partial charge in [0.05, 0.1) is 12.2 Å². The van der Waals surface area contributed by atoms with Crippen LogP contribution in [-0.4, -0.2) is 17.5 Å². The molecule has 1 aliphatic rings. The Kier molecular flexibility index (Phi) is 3.05. The third kappa shape index (κ3) is 1.67. The molecule has 0 radical (unpaired) electrons. The fourth-order valence-corrected chi connectivity index (χ4v) is 1.96. The van der Waals surface area contributed by atoms with Gasteiger partial charge in [-0.15, -0.1) is 0 Å². The molecule has 1 aliphatic heterocycles. The van der Waals surface area contributed by atoms with Gasteiger partial charge in [-0.3, -0.25) is 0 Å². The van der Waals surface area contributed by atoms with Crippen molar-refractivity contribution in [1.82, 2.24) is 0 Å². The minimum Gasteiger partial charge on any atom is -0.374 e. The van der Waals surface area contributed by atoms with E-state index in [0.717, 1.165) is 19.3 Å². The zero-order valence-electron chi connectivity index (χ0n) is 6.71. The van der Waals surface area contributed by atoms with Crippen molar-refractivity contribution in [3.8, 4) is 0 Å². The minimum atomic E-state index is 0.410. The molecule has 1 heterocycles. The first kappa shape index (κ1) is 8.41. The summed E-state index contributed by atoms with van der Waals surface area (Å²) < 4.78 is 5.70. The molecule has 1 fully saturated rings. The zero-order chi connectivity index (χ0) is 7.56. The van der Waals surface area contributed by atoms with Crippen LogP contribution in [0.3, 0.4) is 0 Å². The number of ether oxygens (including phenoxy) is 1. The van der Waals surface area contributed by atoms with Gasteiger partial charge in [0.25, 0.3) is 0 Å². The molecular formula is C8H16OS. The first-order chi connectivity index (χ1) is 4.77. The van der Waals surface area contributed by atoms with Crippen LogP contribution in [0, 0.1) is 0 Å². The molecule has 60 valence electrons. The smallest absolute Gasteiger partial charge is 0.0693 e. The highest BCUT2D eigenvalue weighted by atomic mass is 32.1. The lowest BCUT2D eigenvalue weighted by molar-refractivity contribution is 0.0428. The maximum atomic E-state index is 5.70. The Morgan fingerprint density at radius 1 is 1.40 bits per heavy atom. The van der Waals surface area contributed by atoms with Gasteiger partial charge in [0.2, 0.25) is 0 Å². The summed E-state index contributed by atoms with van der Waals surface area (Å²) in [4.78, 5) is 0. The highest BCUT2D eigenvalue weighted by molar-refractivity contribution is 7.81. The molecule has 0 aromatic carbocycles. The van der Waals surface area contributed by atoms with Gasteiger partial charge < -0.3 is 4.74 Å². The predicted molar refractivity (Wildman–Crippen MR) is 46.6 cm³/mol. The van der Waals surface area contributed by atoms with Crippen LogP contribution >= 0.6 is 12.6 Å². The predicted octanol–water partition coefficient (Wildman–Crippen LogP) is 2.26. The Bertz CT molecular complexity index is 105. The topological polar surface area (TPSA) is 9.23 Å². The van der Waals surface area contributed by atoms with Crippen molar-refractivity contribution in [2.45, 2.75) is 50.6 Å². The second-order valence-electron chi connectivity index (χ2n) is 2.92. The van der Waals surface area contributed by atoms with Crippen molar-refractivity contribution in [1.29, 1.82) is 0 Å². The summed E-state index contributed by atoms with van der Waals surface area (Å²) in [5.41, 5.74) is 0. The number of rotatable bonds is 2. The average Bonchev–Trinajstić information content (AvgIpc) is 2.30. The van der Waals surface area contributed by atoms with Crippen LogP contribution in [0.2, 0.25) is 0 Å². The van der Waals surface area contributed by atoms with Crippen LogP contribution in [0.25, 0.3) is 0 Å². The van der Waals surface area contributed by atoms with Crippen molar-refractivity contribution in [2.24, 2.45) is 0 Å². The van der Waals surface area contributed by atoms with Crippen molar-refractivity contribution in [3.05, 3.63) is 0 Å². The van der Waals surface area contributed by atoms with E-state index in [1.807, 2.05) is 0 Å². The molecule has 1 nitrogen and oxygen atoms in total. The molecule has 0 aromatic heterocycles. The van der Waals surface area contributed by atoms with E-state index in [-0.39, 0.29) is 0 Å². The molecule has 0 spiro atoms. The lowest BCUT2D eigenvalue weighted by Crippen LogP contribution is -2.14. The van der Waals surface area contributed by atoms with Gasteiger partial charge in [-0.25, -0.2) is 0 Å². The molecule has 1 rings (SSSR count). The highest BCUT2D eigenvalue weighted by Gasteiger charge is 2.29. The lowest BCUT2D eigenvalue weighted by Gasteiger charge is -2.10. The van der Waals surface area contributed by atoms with Crippen LogP contribution in [0.5, 0.6) is 0 Å². The molecule has 0 saturated carbocycles. The molecule has 0 bridgehead atoms. The highest BCUT2D eigenvalue weighted by Crippen LogP contribution is 2.28. The maximum absolute atomic E-state index is 5.70. The van der Waals surface area contributed by atoms with Gasteiger partial charge in [-0.05, 0) is 19.3 Å². The Morgan fingerprint density at radius 2 is 2.10 bits per heavy atom. The number of hydrogen-bond donors (Lipinski definition) is 1.